The van der Waals surface area contributed by atoms with Crippen LogP contribution < -0.4 is 10.2 Å². The molecule has 4 nitrogen and oxygen atoms in total. The second kappa shape index (κ2) is 6.78. The zero-order valence-electron chi connectivity index (χ0n) is 16.1. The van der Waals surface area contributed by atoms with Gasteiger partial charge in [0.15, 0.2) is 0 Å². The monoisotopic (exact) mass is 390 g/mol. The number of benzene rings is 2. The van der Waals surface area contributed by atoms with Gasteiger partial charge in [-0.2, -0.15) is 0 Å². The number of nitrogens with zero attached hydrogens (tertiary/aromatic N) is 3. The molecule has 142 valence electrons. The van der Waals surface area contributed by atoms with Crippen molar-refractivity contribution in [1.29, 1.82) is 0 Å². The maximum atomic E-state index is 6.14. The van der Waals surface area contributed by atoms with Crippen LogP contribution in [0.15, 0.2) is 54.6 Å². The Morgan fingerprint density at radius 2 is 1.86 bits per heavy atom. The largest absolute Gasteiger partial charge is 0.349 e. The van der Waals surface area contributed by atoms with Crippen LogP contribution in [0.2, 0.25) is 5.02 Å². The Labute approximate surface area is 170 Å². The number of anilines is 3. The van der Waals surface area contributed by atoms with Gasteiger partial charge in [-0.15, -0.1) is 0 Å². The molecule has 2 aliphatic rings. The van der Waals surface area contributed by atoms with Crippen molar-refractivity contribution in [3.05, 3.63) is 76.6 Å². The van der Waals surface area contributed by atoms with E-state index in [1.165, 1.54) is 17.5 Å². The van der Waals surface area contributed by atoms with Gasteiger partial charge >= 0.3 is 0 Å². The van der Waals surface area contributed by atoms with Crippen LogP contribution in [0.5, 0.6) is 0 Å². The first-order chi connectivity index (χ1) is 13.6. The van der Waals surface area contributed by atoms with Crippen LogP contribution in [0.25, 0.3) is 0 Å². The van der Waals surface area contributed by atoms with E-state index in [0.717, 1.165) is 29.7 Å². The molecule has 2 atom stereocenters. The first kappa shape index (κ1) is 17.5. The number of nitrogens with one attached hydrogen (secondary N) is 1. The molecular formula is C23H23ClN4. The number of aromatic nitrogens is 2. The fourth-order valence-electron chi connectivity index (χ4n) is 4.43. The van der Waals surface area contributed by atoms with Gasteiger partial charge in [-0.05, 0) is 35.7 Å². The molecule has 0 saturated carbocycles. The summed E-state index contributed by atoms with van der Waals surface area (Å²) in [4.78, 5) is 12.1. The van der Waals surface area contributed by atoms with Crippen LogP contribution in [-0.2, 0) is 0 Å². The third-order valence-electron chi connectivity index (χ3n) is 5.73. The Morgan fingerprint density at radius 3 is 2.64 bits per heavy atom. The summed E-state index contributed by atoms with van der Waals surface area (Å²) in [5.74, 6) is 3.53. The van der Waals surface area contributed by atoms with Gasteiger partial charge < -0.3 is 10.2 Å². The summed E-state index contributed by atoms with van der Waals surface area (Å²) in [5.41, 5.74) is 3.90. The third kappa shape index (κ3) is 3.02. The Balaban J connectivity index is 1.51. The van der Waals surface area contributed by atoms with Crippen molar-refractivity contribution in [3.8, 4) is 0 Å². The molecule has 1 aliphatic heterocycles. The van der Waals surface area contributed by atoms with Crippen LogP contribution in [-0.4, -0.2) is 16.5 Å². The smallest absolute Gasteiger partial charge is 0.136 e. The molecule has 5 heteroatoms. The van der Waals surface area contributed by atoms with Crippen molar-refractivity contribution in [2.24, 2.45) is 0 Å². The predicted octanol–water partition coefficient (Wildman–Crippen LogP) is 6.05. The molecule has 3 aromatic rings. The zero-order valence-corrected chi connectivity index (χ0v) is 16.8. The molecule has 1 fully saturated rings. The highest BCUT2D eigenvalue weighted by atomic mass is 35.5. The van der Waals surface area contributed by atoms with Crippen molar-refractivity contribution >= 4 is 28.9 Å². The quantitative estimate of drug-likeness (QED) is 0.589. The standard InChI is InChI=1S/C23H23ClN4/c1-14(2)23-26-21(25-17-7-5-6-16(24)11-17)12-22(27-23)28-13-15-10-20(28)19-9-4-3-8-18(15)19/h3-9,11-12,14-15,20H,10,13H2,1-2H3,(H,25,26,27)/t15-,20+/m1/s1. The fraction of sp³-hybridized carbons (Fsp3) is 0.304. The minimum Gasteiger partial charge on any atom is -0.349 e. The molecule has 0 radical (unpaired) electrons. The molecule has 1 aliphatic carbocycles. The molecule has 0 unspecified atom stereocenters. The van der Waals surface area contributed by atoms with E-state index in [2.05, 4.69) is 54.4 Å². The van der Waals surface area contributed by atoms with Gasteiger partial charge in [-0.1, -0.05) is 55.8 Å². The highest BCUT2D eigenvalue weighted by Crippen LogP contribution is 2.51. The molecule has 1 saturated heterocycles. The Bertz CT molecular complexity index is 1030. The van der Waals surface area contributed by atoms with E-state index >= 15 is 0 Å². The normalized spacial score (nSPS) is 19.9. The number of halogens is 1. The van der Waals surface area contributed by atoms with Crippen LogP contribution >= 0.6 is 11.6 Å². The average molecular weight is 391 g/mol. The lowest BCUT2D eigenvalue weighted by molar-refractivity contribution is 0.710. The molecule has 2 bridgehead atoms. The maximum Gasteiger partial charge on any atom is 0.136 e. The summed E-state index contributed by atoms with van der Waals surface area (Å²) < 4.78 is 0. The van der Waals surface area contributed by atoms with Crippen LogP contribution in [0, 0.1) is 0 Å². The minimum absolute atomic E-state index is 0.256. The van der Waals surface area contributed by atoms with Gasteiger partial charge in [0.2, 0.25) is 0 Å². The predicted molar refractivity (Wildman–Crippen MR) is 115 cm³/mol. The molecule has 1 N–H and O–H groups in total. The highest BCUT2D eigenvalue weighted by molar-refractivity contribution is 6.30. The SMILES string of the molecule is CC(C)c1nc(Nc2cccc(Cl)c2)cc(N2C[C@H]3C[C@H]2c2ccccc23)n1. The zero-order chi connectivity index (χ0) is 19.3. The molecule has 1 aromatic heterocycles. The molecular weight excluding hydrogens is 368 g/mol. The van der Waals surface area contributed by atoms with Crippen molar-refractivity contribution in [1.82, 2.24) is 9.97 Å². The van der Waals surface area contributed by atoms with Crippen molar-refractivity contribution in [2.45, 2.75) is 38.1 Å². The summed E-state index contributed by atoms with van der Waals surface area (Å²) in [6.45, 7) is 5.29. The van der Waals surface area contributed by atoms with Gasteiger partial charge in [0.1, 0.15) is 17.5 Å². The fourth-order valence-corrected chi connectivity index (χ4v) is 4.62. The second-order valence-electron chi connectivity index (χ2n) is 7.99. The van der Waals surface area contributed by atoms with E-state index in [1.807, 2.05) is 24.3 Å². The lowest BCUT2D eigenvalue weighted by Crippen LogP contribution is -2.28. The summed E-state index contributed by atoms with van der Waals surface area (Å²) >= 11 is 6.14. The Kier molecular flexibility index (Phi) is 4.24. The molecule has 2 heterocycles. The third-order valence-corrected chi connectivity index (χ3v) is 5.97. The minimum atomic E-state index is 0.256. The van der Waals surface area contributed by atoms with E-state index < -0.39 is 0 Å². The van der Waals surface area contributed by atoms with Gasteiger partial charge in [-0.3, -0.25) is 0 Å². The van der Waals surface area contributed by atoms with Crippen LogP contribution in [0.3, 0.4) is 0 Å². The van der Waals surface area contributed by atoms with Gasteiger partial charge in [0.25, 0.3) is 0 Å². The van der Waals surface area contributed by atoms with E-state index in [0.29, 0.717) is 17.0 Å². The number of hydrogen-bond donors (Lipinski definition) is 1. The average Bonchev–Trinajstić information content (AvgIpc) is 3.28. The first-order valence-corrected chi connectivity index (χ1v) is 10.2. The summed E-state index contributed by atoms with van der Waals surface area (Å²) in [6.07, 6.45) is 1.18. The molecule has 0 amide bonds. The second-order valence-corrected chi connectivity index (χ2v) is 8.43. The summed E-state index contributed by atoms with van der Waals surface area (Å²) in [7, 11) is 0. The van der Waals surface area contributed by atoms with Crippen molar-refractivity contribution < 1.29 is 0 Å². The molecule has 0 spiro atoms. The Hall–Kier alpha value is -2.59. The summed E-state index contributed by atoms with van der Waals surface area (Å²) in [6, 6.07) is 19.0. The maximum absolute atomic E-state index is 6.14. The van der Waals surface area contributed by atoms with Crippen molar-refractivity contribution in [2.75, 3.05) is 16.8 Å². The van der Waals surface area contributed by atoms with E-state index in [1.54, 1.807) is 0 Å². The summed E-state index contributed by atoms with van der Waals surface area (Å²) in [5, 5.41) is 4.11. The molecule has 5 rings (SSSR count). The number of rotatable bonds is 4. The van der Waals surface area contributed by atoms with Crippen molar-refractivity contribution in [3.63, 3.8) is 0 Å². The highest BCUT2D eigenvalue weighted by Gasteiger charge is 2.42. The Morgan fingerprint density at radius 1 is 1.04 bits per heavy atom. The molecule has 2 aromatic carbocycles. The lowest BCUT2D eigenvalue weighted by Gasteiger charge is -2.30. The van der Waals surface area contributed by atoms with Gasteiger partial charge in [0, 0.05) is 35.2 Å². The van der Waals surface area contributed by atoms with Gasteiger partial charge in [-0.25, -0.2) is 9.97 Å². The first-order valence-electron chi connectivity index (χ1n) is 9.85. The van der Waals surface area contributed by atoms with Gasteiger partial charge in [0.05, 0.1) is 6.04 Å². The number of hydrogen-bond acceptors (Lipinski definition) is 4. The van der Waals surface area contributed by atoms with E-state index in [9.17, 15) is 0 Å². The molecule has 28 heavy (non-hydrogen) atoms. The topological polar surface area (TPSA) is 41.1 Å². The number of fused-ring (bicyclic) bond motifs is 5. The van der Waals surface area contributed by atoms with E-state index in [4.69, 9.17) is 21.6 Å². The van der Waals surface area contributed by atoms with Crippen LogP contribution in [0.4, 0.5) is 17.3 Å². The van der Waals surface area contributed by atoms with E-state index in [-0.39, 0.29) is 5.92 Å². The lowest BCUT2D eigenvalue weighted by atomic mass is 9.99. The van der Waals surface area contributed by atoms with Crippen LogP contribution in [0.1, 0.15) is 55.1 Å².